The molecule has 3 fully saturated rings. The summed E-state index contributed by atoms with van der Waals surface area (Å²) in [6.45, 7) is 2.97. The highest BCUT2D eigenvalue weighted by molar-refractivity contribution is 5.29. The van der Waals surface area contributed by atoms with Crippen LogP contribution in [0.15, 0.2) is 0 Å². The van der Waals surface area contributed by atoms with E-state index in [4.69, 9.17) is 4.74 Å². The molecule has 1 radical (unpaired) electrons. The van der Waals surface area contributed by atoms with E-state index in [1.807, 2.05) is 0 Å². The third kappa shape index (κ3) is 0.408. The third-order valence-corrected chi connectivity index (χ3v) is 2.17. The van der Waals surface area contributed by atoms with Crippen LogP contribution in [0.5, 0.6) is 0 Å². The smallest absolute Gasteiger partial charge is 0.0699 e. The molecule has 3 aliphatic rings. The minimum Gasteiger partial charge on any atom is -0.375 e. The molecule has 0 amide bonds. The monoisotopic (exact) mass is 111 g/mol. The lowest BCUT2D eigenvalue weighted by molar-refractivity contribution is -0.150. The molecule has 0 spiro atoms. The highest BCUT2D eigenvalue weighted by Gasteiger charge is 2.57. The summed E-state index contributed by atoms with van der Waals surface area (Å²) in [4.78, 5) is 0. The predicted molar refractivity (Wildman–Crippen MR) is 31.5 cm³/mol. The Balaban J connectivity index is 1.87. The average Bonchev–Trinajstić information content (AvgIpc) is 1.50. The summed E-state index contributed by atoms with van der Waals surface area (Å²) in [5.41, 5.74) is 0.379. The fourth-order valence-corrected chi connectivity index (χ4v) is 1.67. The van der Waals surface area contributed by atoms with Crippen LogP contribution in [-0.4, -0.2) is 12.2 Å². The van der Waals surface area contributed by atoms with Crippen molar-refractivity contribution in [2.75, 3.05) is 6.61 Å². The van der Waals surface area contributed by atoms with Crippen molar-refractivity contribution in [1.82, 2.24) is 0 Å². The number of rotatable bonds is 2. The summed E-state index contributed by atoms with van der Waals surface area (Å²) >= 11 is 0. The van der Waals surface area contributed by atoms with Crippen molar-refractivity contribution < 1.29 is 4.74 Å². The van der Waals surface area contributed by atoms with Gasteiger partial charge in [0, 0.05) is 6.61 Å². The Labute approximate surface area is 50.0 Å². The van der Waals surface area contributed by atoms with Crippen LogP contribution in [0, 0.1) is 5.92 Å². The summed E-state index contributed by atoms with van der Waals surface area (Å²) in [6.07, 6.45) is 3.84. The van der Waals surface area contributed by atoms with Crippen molar-refractivity contribution >= 4 is 0 Å². The van der Waals surface area contributed by atoms with Gasteiger partial charge < -0.3 is 4.74 Å². The van der Waals surface area contributed by atoms with Crippen molar-refractivity contribution in [2.45, 2.75) is 31.8 Å². The molecule has 0 unspecified atom stereocenters. The number of ether oxygens (including phenoxy) is 1. The molecule has 0 aromatic rings. The van der Waals surface area contributed by atoms with Crippen LogP contribution in [0.2, 0.25) is 0 Å². The molecule has 3 saturated carbocycles. The summed E-state index contributed by atoms with van der Waals surface area (Å²) in [5, 5.41) is 0. The van der Waals surface area contributed by atoms with Crippen LogP contribution in [0.1, 0.15) is 26.2 Å². The molecule has 0 N–H and O–H groups in total. The Bertz CT molecular complexity index is 91.9. The van der Waals surface area contributed by atoms with Crippen LogP contribution in [0.25, 0.3) is 0 Å². The molecule has 0 aromatic carbocycles. The molecular formula is C7H11O. The molecule has 8 heavy (non-hydrogen) atoms. The van der Waals surface area contributed by atoms with E-state index in [2.05, 4.69) is 6.92 Å². The molecule has 2 bridgehead atoms. The molecule has 0 aromatic heterocycles. The van der Waals surface area contributed by atoms with E-state index in [9.17, 15) is 0 Å². The van der Waals surface area contributed by atoms with E-state index < -0.39 is 0 Å². The highest BCUT2D eigenvalue weighted by Crippen LogP contribution is 2.61. The minimum atomic E-state index is 0.379. The lowest BCUT2D eigenvalue weighted by atomic mass is 9.52. The van der Waals surface area contributed by atoms with Gasteiger partial charge in [-0.25, -0.2) is 0 Å². The van der Waals surface area contributed by atoms with Gasteiger partial charge in [-0.2, -0.15) is 0 Å². The van der Waals surface area contributed by atoms with Gasteiger partial charge in [0.25, 0.3) is 0 Å². The van der Waals surface area contributed by atoms with Crippen molar-refractivity contribution in [2.24, 2.45) is 0 Å². The van der Waals surface area contributed by atoms with Gasteiger partial charge in [0.15, 0.2) is 0 Å². The molecule has 0 saturated heterocycles. The van der Waals surface area contributed by atoms with Gasteiger partial charge in [-0.1, -0.05) is 0 Å². The molecular weight excluding hydrogens is 100 g/mol. The summed E-state index contributed by atoms with van der Waals surface area (Å²) in [7, 11) is 0. The van der Waals surface area contributed by atoms with E-state index in [0.29, 0.717) is 5.60 Å². The zero-order valence-electron chi connectivity index (χ0n) is 5.24. The highest BCUT2D eigenvalue weighted by atomic mass is 16.5. The summed E-state index contributed by atoms with van der Waals surface area (Å²) < 4.78 is 5.51. The Morgan fingerprint density at radius 3 is 2.25 bits per heavy atom. The molecule has 0 heterocycles. The van der Waals surface area contributed by atoms with Crippen LogP contribution < -0.4 is 0 Å². The quantitative estimate of drug-likeness (QED) is 0.525. The second kappa shape index (κ2) is 1.27. The molecule has 0 aliphatic heterocycles. The molecule has 0 atom stereocenters. The van der Waals surface area contributed by atoms with Crippen molar-refractivity contribution in [3.05, 3.63) is 5.92 Å². The molecule has 45 valence electrons. The lowest BCUT2D eigenvalue weighted by Gasteiger charge is -2.60. The fourth-order valence-electron chi connectivity index (χ4n) is 1.67. The second-order valence-electron chi connectivity index (χ2n) is 2.90. The van der Waals surface area contributed by atoms with Crippen LogP contribution in [0.4, 0.5) is 0 Å². The van der Waals surface area contributed by atoms with E-state index in [-0.39, 0.29) is 0 Å². The van der Waals surface area contributed by atoms with Gasteiger partial charge in [0.2, 0.25) is 0 Å². The van der Waals surface area contributed by atoms with E-state index in [0.717, 1.165) is 6.61 Å². The van der Waals surface area contributed by atoms with Gasteiger partial charge in [-0.15, -0.1) is 0 Å². The van der Waals surface area contributed by atoms with Gasteiger partial charge in [-0.3, -0.25) is 0 Å². The second-order valence-corrected chi connectivity index (χ2v) is 2.90. The van der Waals surface area contributed by atoms with E-state index in [1.165, 1.54) is 19.3 Å². The average molecular weight is 111 g/mol. The van der Waals surface area contributed by atoms with Gasteiger partial charge >= 0.3 is 0 Å². The normalized spacial score (nSPS) is 31.1. The standard InChI is InChI=1S/C7H11O/c1-2-8-7-3-6(4-7)5-7/h2-5H2,1H3. The van der Waals surface area contributed by atoms with Gasteiger partial charge in [0.1, 0.15) is 0 Å². The van der Waals surface area contributed by atoms with Gasteiger partial charge in [0.05, 0.1) is 5.60 Å². The molecule has 1 nitrogen and oxygen atoms in total. The summed E-state index contributed by atoms with van der Waals surface area (Å²) in [6, 6.07) is 0. The maximum Gasteiger partial charge on any atom is 0.0699 e. The first-order valence-corrected chi connectivity index (χ1v) is 3.32. The predicted octanol–water partition coefficient (Wildman–Crippen LogP) is 1.53. The lowest BCUT2D eigenvalue weighted by Crippen LogP contribution is -2.58. The van der Waals surface area contributed by atoms with Crippen molar-refractivity contribution in [3.63, 3.8) is 0 Å². The first kappa shape index (κ1) is 4.80. The third-order valence-electron chi connectivity index (χ3n) is 2.17. The van der Waals surface area contributed by atoms with E-state index in [1.54, 1.807) is 5.92 Å². The van der Waals surface area contributed by atoms with Crippen molar-refractivity contribution in [1.29, 1.82) is 0 Å². The van der Waals surface area contributed by atoms with Crippen LogP contribution in [-0.2, 0) is 4.74 Å². The topological polar surface area (TPSA) is 9.23 Å². The van der Waals surface area contributed by atoms with Crippen LogP contribution in [0.3, 0.4) is 0 Å². The molecule has 3 aliphatic carbocycles. The van der Waals surface area contributed by atoms with E-state index >= 15 is 0 Å². The zero-order chi connectivity index (χ0) is 5.61. The Morgan fingerprint density at radius 1 is 1.50 bits per heavy atom. The zero-order valence-corrected chi connectivity index (χ0v) is 5.24. The maximum absolute atomic E-state index is 5.51. The molecule has 3 rings (SSSR count). The number of hydrogen-bond donors (Lipinski definition) is 0. The van der Waals surface area contributed by atoms with Gasteiger partial charge in [-0.05, 0) is 32.1 Å². The summed E-state index contributed by atoms with van der Waals surface area (Å²) in [5.74, 6) is 1.72. The molecule has 1 heteroatoms. The first-order valence-electron chi connectivity index (χ1n) is 3.32. The van der Waals surface area contributed by atoms with Crippen molar-refractivity contribution in [3.8, 4) is 0 Å². The van der Waals surface area contributed by atoms with Crippen LogP contribution >= 0.6 is 0 Å². The SMILES string of the molecule is CCOC12C[C](C1)C2. The largest absolute Gasteiger partial charge is 0.375 e. The maximum atomic E-state index is 5.51. The minimum absolute atomic E-state index is 0.379. The first-order chi connectivity index (χ1) is 3.85. The Kier molecular flexibility index (Phi) is 0.762. The number of hydrogen-bond acceptors (Lipinski definition) is 1. The fraction of sp³-hybridized carbons (Fsp3) is 0.857. The Hall–Kier alpha value is -0.0400. The Morgan fingerprint density at radius 2 is 2.12 bits per heavy atom.